The molecule has 0 spiro atoms. The number of pyridine rings is 2. The van der Waals surface area contributed by atoms with Gasteiger partial charge in [0.15, 0.2) is 0 Å². The third kappa shape index (κ3) is 7.12. The van der Waals surface area contributed by atoms with Gasteiger partial charge in [0.2, 0.25) is 11.8 Å². The lowest BCUT2D eigenvalue weighted by Gasteiger charge is -2.16. The molecule has 2 aliphatic rings. The standard InChI is InChI=1S/C38H38Cl2N6O4/c1-50-37-23(16-42-20-27-9-11-34(48)44-27)8-10-32(45-37)31-7-3-6-30(36(31)40)29-5-2-4-28(35(29)39)22-12-13-46-33(15-22)43-19-26(38(46)49)18-41-17-24-14-25(24)21-47/h2-8,10,12-13,15,19,24-25,27,41-42,47H,9,11,14,16-18,20-21H2,1H3,(H,44,48)/t24-,25-,27+/m1/s1. The zero-order chi connectivity index (χ0) is 34.8. The molecule has 258 valence electrons. The first-order chi connectivity index (χ1) is 24.3. The predicted molar refractivity (Wildman–Crippen MR) is 195 cm³/mol. The van der Waals surface area contributed by atoms with E-state index in [2.05, 4.69) is 20.9 Å². The number of hydrogen-bond donors (Lipinski definition) is 4. The van der Waals surface area contributed by atoms with Crippen LogP contribution in [0.15, 0.2) is 77.9 Å². The fourth-order valence-corrected chi connectivity index (χ4v) is 7.28. The number of fused-ring (bicyclic) bond motifs is 1. The van der Waals surface area contributed by atoms with Crippen molar-refractivity contribution in [2.75, 3.05) is 26.8 Å². The molecule has 3 atom stereocenters. The van der Waals surface area contributed by atoms with E-state index in [0.29, 0.717) is 70.7 Å². The highest BCUT2D eigenvalue weighted by Gasteiger charge is 2.35. The van der Waals surface area contributed by atoms with E-state index in [4.69, 9.17) is 32.9 Å². The topological polar surface area (TPSA) is 130 Å². The molecule has 4 heterocycles. The second-order valence-corrected chi connectivity index (χ2v) is 13.7. The van der Waals surface area contributed by atoms with E-state index in [9.17, 15) is 14.7 Å². The summed E-state index contributed by atoms with van der Waals surface area (Å²) in [7, 11) is 1.59. The van der Waals surface area contributed by atoms with E-state index >= 15 is 0 Å². The SMILES string of the molecule is COc1nc(-c2cccc(-c3cccc(-c4ccn5c(=O)c(CNC[C@H]6C[C@@H]6CO)cnc5c4)c3Cl)c2Cl)ccc1CNC[C@@H]1CCC(=O)N1. The number of halogens is 2. The summed E-state index contributed by atoms with van der Waals surface area (Å²) < 4.78 is 7.19. The van der Waals surface area contributed by atoms with Crippen molar-refractivity contribution in [1.29, 1.82) is 0 Å². The summed E-state index contributed by atoms with van der Waals surface area (Å²) >= 11 is 14.2. The van der Waals surface area contributed by atoms with Gasteiger partial charge in [-0.25, -0.2) is 9.97 Å². The lowest BCUT2D eigenvalue weighted by Crippen LogP contribution is -2.35. The highest BCUT2D eigenvalue weighted by Crippen LogP contribution is 2.42. The molecule has 1 saturated carbocycles. The average molecular weight is 714 g/mol. The van der Waals surface area contributed by atoms with Crippen molar-refractivity contribution in [2.24, 2.45) is 11.8 Å². The Balaban J connectivity index is 1.11. The zero-order valence-corrected chi connectivity index (χ0v) is 29.1. The van der Waals surface area contributed by atoms with Gasteiger partial charge in [0.1, 0.15) is 5.65 Å². The lowest BCUT2D eigenvalue weighted by atomic mass is 9.97. The van der Waals surface area contributed by atoms with Gasteiger partial charge in [-0.1, -0.05) is 65.7 Å². The summed E-state index contributed by atoms with van der Waals surface area (Å²) in [5.74, 6) is 1.43. The predicted octanol–water partition coefficient (Wildman–Crippen LogP) is 5.49. The van der Waals surface area contributed by atoms with Gasteiger partial charge in [-0.15, -0.1) is 0 Å². The van der Waals surface area contributed by atoms with Gasteiger partial charge < -0.3 is 25.8 Å². The first-order valence-corrected chi connectivity index (χ1v) is 17.5. The molecule has 12 heteroatoms. The van der Waals surface area contributed by atoms with E-state index in [0.717, 1.165) is 52.8 Å². The highest BCUT2D eigenvalue weighted by atomic mass is 35.5. The van der Waals surface area contributed by atoms with Crippen molar-refractivity contribution in [2.45, 2.75) is 38.4 Å². The molecule has 2 fully saturated rings. The number of methoxy groups -OCH3 is 1. The Morgan fingerprint density at radius 1 is 0.920 bits per heavy atom. The number of carbonyl (C=O) groups excluding carboxylic acids is 1. The molecule has 1 amide bonds. The maximum atomic E-state index is 13.2. The molecule has 50 heavy (non-hydrogen) atoms. The van der Waals surface area contributed by atoms with E-state index in [-0.39, 0.29) is 24.1 Å². The Kier molecular flexibility index (Phi) is 10.2. The van der Waals surface area contributed by atoms with Gasteiger partial charge in [-0.3, -0.25) is 14.0 Å². The maximum absolute atomic E-state index is 13.2. The van der Waals surface area contributed by atoms with E-state index < -0.39 is 0 Å². The summed E-state index contributed by atoms with van der Waals surface area (Å²) in [5.41, 5.74) is 6.39. The summed E-state index contributed by atoms with van der Waals surface area (Å²) in [6.45, 7) is 2.62. The van der Waals surface area contributed by atoms with Crippen LogP contribution in [-0.4, -0.2) is 58.2 Å². The van der Waals surface area contributed by atoms with Crippen LogP contribution in [0.4, 0.5) is 0 Å². The van der Waals surface area contributed by atoms with Gasteiger partial charge in [0, 0.05) is 84.5 Å². The molecule has 4 N–H and O–H groups in total. The number of benzene rings is 2. The minimum Gasteiger partial charge on any atom is -0.481 e. The van der Waals surface area contributed by atoms with Crippen LogP contribution in [-0.2, 0) is 17.9 Å². The van der Waals surface area contributed by atoms with Crippen LogP contribution in [0, 0.1) is 11.8 Å². The molecular formula is C38H38Cl2N6O4. The van der Waals surface area contributed by atoms with Gasteiger partial charge >= 0.3 is 0 Å². The van der Waals surface area contributed by atoms with Crippen molar-refractivity contribution in [3.63, 3.8) is 0 Å². The molecule has 10 nitrogen and oxygen atoms in total. The maximum Gasteiger partial charge on any atom is 0.262 e. The smallest absolute Gasteiger partial charge is 0.262 e. The molecule has 5 aromatic rings. The van der Waals surface area contributed by atoms with Crippen LogP contribution in [0.3, 0.4) is 0 Å². The summed E-state index contributed by atoms with van der Waals surface area (Å²) in [5, 5.41) is 20.0. The largest absolute Gasteiger partial charge is 0.481 e. The molecule has 1 aliphatic carbocycles. The summed E-state index contributed by atoms with van der Waals surface area (Å²) in [6, 6.07) is 19.3. The van der Waals surface area contributed by atoms with E-state index in [1.54, 1.807) is 23.9 Å². The molecular weight excluding hydrogens is 675 g/mol. The number of hydrogen-bond acceptors (Lipinski definition) is 8. The molecule has 1 aliphatic heterocycles. The Morgan fingerprint density at radius 3 is 2.36 bits per heavy atom. The number of rotatable bonds is 13. The van der Waals surface area contributed by atoms with Gasteiger partial charge in [0.25, 0.3) is 5.56 Å². The number of nitrogens with zero attached hydrogens (tertiary/aromatic N) is 3. The van der Waals surface area contributed by atoms with Gasteiger partial charge in [-0.2, -0.15) is 0 Å². The number of amides is 1. The Hall–Kier alpha value is -4.32. The average Bonchev–Trinajstić information content (AvgIpc) is 3.77. The van der Waals surface area contributed by atoms with Crippen LogP contribution < -0.4 is 26.2 Å². The minimum absolute atomic E-state index is 0.0947. The molecule has 0 bridgehead atoms. The van der Waals surface area contributed by atoms with Gasteiger partial charge in [-0.05, 0) is 55.0 Å². The molecule has 7 rings (SSSR count). The Labute approximate surface area is 299 Å². The number of nitrogens with one attached hydrogen (secondary N) is 3. The molecule has 1 saturated heterocycles. The summed E-state index contributed by atoms with van der Waals surface area (Å²) in [4.78, 5) is 34.1. The number of aliphatic hydroxyl groups excluding tert-OH is 1. The fourth-order valence-electron chi connectivity index (χ4n) is 6.62. The normalized spacial score (nSPS) is 18.4. The minimum atomic E-state index is -0.124. The van der Waals surface area contributed by atoms with E-state index in [1.165, 1.54) is 0 Å². The molecule has 0 unspecified atom stereocenters. The van der Waals surface area contributed by atoms with Crippen LogP contribution in [0.25, 0.3) is 39.2 Å². The van der Waals surface area contributed by atoms with Crippen LogP contribution in [0.1, 0.15) is 30.4 Å². The van der Waals surface area contributed by atoms with Crippen molar-refractivity contribution >= 4 is 34.8 Å². The monoisotopic (exact) mass is 712 g/mol. The third-order valence-corrected chi connectivity index (χ3v) is 10.4. The number of aromatic nitrogens is 3. The Morgan fingerprint density at radius 2 is 1.64 bits per heavy atom. The van der Waals surface area contributed by atoms with Crippen molar-refractivity contribution < 1.29 is 14.6 Å². The van der Waals surface area contributed by atoms with E-state index in [1.807, 2.05) is 60.7 Å². The highest BCUT2D eigenvalue weighted by molar-refractivity contribution is 6.39. The summed E-state index contributed by atoms with van der Waals surface area (Å²) in [6.07, 6.45) is 5.77. The number of carbonyl (C=O) groups is 1. The fraction of sp³-hybridized carbons (Fsp3) is 0.316. The molecule has 2 aromatic carbocycles. The zero-order valence-electron chi connectivity index (χ0n) is 27.6. The van der Waals surface area contributed by atoms with Crippen LogP contribution in [0.2, 0.25) is 10.0 Å². The molecule has 0 radical (unpaired) electrons. The first-order valence-electron chi connectivity index (χ1n) is 16.8. The van der Waals surface area contributed by atoms with Crippen LogP contribution >= 0.6 is 23.2 Å². The van der Waals surface area contributed by atoms with Gasteiger partial charge in [0.05, 0.1) is 22.8 Å². The molecule has 3 aromatic heterocycles. The number of ether oxygens (including phenoxy) is 1. The van der Waals surface area contributed by atoms with Crippen LogP contribution in [0.5, 0.6) is 5.88 Å². The quantitative estimate of drug-likeness (QED) is 0.126. The lowest BCUT2D eigenvalue weighted by molar-refractivity contribution is -0.119. The number of aliphatic hydroxyl groups is 1. The first kappa shape index (κ1) is 34.1. The third-order valence-electron chi connectivity index (χ3n) is 9.60. The Bertz CT molecular complexity index is 2120. The van der Waals surface area contributed by atoms with Crippen molar-refractivity contribution in [3.8, 4) is 39.4 Å². The second kappa shape index (κ2) is 14.9. The second-order valence-electron chi connectivity index (χ2n) is 12.9. The van der Waals surface area contributed by atoms with Crippen molar-refractivity contribution in [1.82, 2.24) is 30.3 Å². The van der Waals surface area contributed by atoms with Crippen molar-refractivity contribution in [3.05, 3.63) is 105 Å².